The molecule has 0 aliphatic rings. The first-order valence-corrected chi connectivity index (χ1v) is 4.93. The topological polar surface area (TPSA) is 72.3 Å². The van der Waals surface area contributed by atoms with Crippen LogP contribution in [0.15, 0.2) is 18.2 Å². The van der Waals surface area contributed by atoms with E-state index in [2.05, 4.69) is 14.9 Å². The average Bonchev–Trinajstić information content (AvgIpc) is 2.27. The summed E-state index contributed by atoms with van der Waals surface area (Å²) >= 11 is 0. The quantitative estimate of drug-likeness (QED) is 0.909. The molecule has 0 atom stereocenters. The van der Waals surface area contributed by atoms with Gasteiger partial charge < -0.3 is 9.84 Å². The third-order valence-corrected chi connectivity index (χ3v) is 2.24. The largest absolute Gasteiger partial charge is 0.478 e. The Balaban J connectivity index is 2.68. The SMILES string of the molecule is Cc1cc2cc(C(=O)O)cc(OC(F)F)c2nn1. The maximum Gasteiger partial charge on any atom is 0.387 e. The summed E-state index contributed by atoms with van der Waals surface area (Å²) in [4.78, 5) is 10.9. The van der Waals surface area contributed by atoms with Crippen LogP contribution in [0.5, 0.6) is 5.75 Å². The fraction of sp³-hybridized carbons (Fsp3) is 0.182. The highest BCUT2D eigenvalue weighted by Crippen LogP contribution is 2.27. The smallest absolute Gasteiger partial charge is 0.387 e. The van der Waals surface area contributed by atoms with E-state index in [9.17, 15) is 13.6 Å². The molecular weight excluding hydrogens is 246 g/mol. The minimum absolute atomic E-state index is 0.103. The van der Waals surface area contributed by atoms with Crippen molar-refractivity contribution in [2.45, 2.75) is 13.5 Å². The van der Waals surface area contributed by atoms with E-state index in [1.165, 1.54) is 6.07 Å². The highest BCUT2D eigenvalue weighted by molar-refractivity contribution is 5.95. The normalized spacial score (nSPS) is 10.9. The van der Waals surface area contributed by atoms with Gasteiger partial charge in [-0.15, -0.1) is 5.10 Å². The molecule has 5 nitrogen and oxygen atoms in total. The second kappa shape index (κ2) is 4.52. The molecule has 0 aliphatic carbocycles. The number of carbonyl (C=O) groups is 1. The Hall–Kier alpha value is -2.31. The molecule has 0 saturated carbocycles. The molecule has 7 heteroatoms. The van der Waals surface area contributed by atoms with Crippen molar-refractivity contribution in [3.05, 3.63) is 29.5 Å². The van der Waals surface area contributed by atoms with E-state index < -0.39 is 12.6 Å². The number of aromatic nitrogens is 2. The summed E-state index contributed by atoms with van der Waals surface area (Å²) in [5.41, 5.74) is 0.504. The van der Waals surface area contributed by atoms with Crippen LogP contribution >= 0.6 is 0 Å². The number of hydrogen-bond donors (Lipinski definition) is 1. The predicted molar refractivity (Wildman–Crippen MR) is 57.9 cm³/mol. The summed E-state index contributed by atoms with van der Waals surface area (Å²) in [6.45, 7) is -1.39. The van der Waals surface area contributed by atoms with Crippen LogP contribution in [0, 0.1) is 6.92 Å². The van der Waals surface area contributed by atoms with E-state index in [-0.39, 0.29) is 16.8 Å². The lowest BCUT2D eigenvalue weighted by molar-refractivity contribution is -0.0490. The van der Waals surface area contributed by atoms with Crippen LogP contribution < -0.4 is 4.74 Å². The van der Waals surface area contributed by atoms with Gasteiger partial charge in [-0.25, -0.2) is 4.79 Å². The number of alkyl halides is 2. The van der Waals surface area contributed by atoms with Gasteiger partial charge in [0.1, 0.15) is 5.52 Å². The summed E-state index contributed by atoms with van der Waals surface area (Å²) in [6.07, 6.45) is 0. The zero-order chi connectivity index (χ0) is 13.3. The second-order valence-corrected chi connectivity index (χ2v) is 3.58. The van der Waals surface area contributed by atoms with Crippen molar-refractivity contribution in [1.29, 1.82) is 0 Å². The highest BCUT2D eigenvalue weighted by Gasteiger charge is 2.15. The molecule has 1 aromatic carbocycles. The van der Waals surface area contributed by atoms with Crippen molar-refractivity contribution in [1.82, 2.24) is 10.2 Å². The van der Waals surface area contributed by atoms with Crippen molar-refractivity contribution in [3.8, 4) is 5.75 Å². The maximum atomic E-state index is 12.2. The second-order valence-electron chi connectivity index (χ2n) is 3.58. The molecule has 18 heavy (non-hydrogen) atoms. The monoisotopic (exact) mass is 254 g/mol. The lowest BCUT2D eigenvalue weighted by Crippen LogP contribution is -2.06. The number of hydrogen-bond acceptors (Lipinski definition) is 4. The fourth-order valence-electron chi connectivity index (χ4n) is 1.54. The number of benzene rings is 1. The molecule has 0 unspecified atom stereocenters. The zero-order valence-electron chi connectivity index (χ0n) is 9.22. The Bertz CT molecular complexity index is 617. The van der Waals surface area contributed by atoms with Gasteiger partial charge in [-0.3, -0.25) is 0 Å². The summed E-state index contributed by atoms with van der Waals surface area (Å²) in [7, 11) is 0. The molecule has 0 aliphatic heterocycles. The van der Waals surface area contributed by atoms with Gasteiger partial charge in [0.25, 0.3) is 0 Å². The minimum Gasteiger partial charge on any atom is -0.478 e. The molecule has 0 radical (unpaired) electrons. The van der Waals surface area contributed by atoms with Gasteiger partial charge in [0.15, 0.2) is 5.75 Å². The number of aromatic carboxylic acids is 1. The van der Waals surface area contributed by atoms with E-state index in [0.29, 0.717) is 11.1 Å². The molecule has 1 aromatic heterocycles. The molecule has 0 fully saturated rings. The molecule has 0 amide bonds. The van der Waals surface area contributed by atoms with Gasteiger partial charge in [-0.05, 0) is 25.1 Å². The average molecular weight is 254 g/mol. The van der Waals surface area contributed by atoms with Crippen LogP contribution in [0.25, 0.3) is 10.9 Å². The summed E-state index contributed by atoms with van der Waals surface area (Å²) in [5.74, 6) is -1.53. The first kappa shape index (κ1) is 12.2. The minimum atomic E-state index is -3.06. The van der Waals surface area contributed by atoms with E-state index in [0.717, 1.165) is 6.07 Å². The predicted octanol–water partition coefficient (Wildman–Crippen LogP) is 2.24. The Kier molecular flexibility index (Phi) is 3.05. The van der Waals surface area contributed by atoms with Gasteiger partial charge in [-0.2, -0.15) is 13.9 Å². The number of fused-ring (bicyclic) bond motifs is 1. The molecule has 1 heterocycles. The molecule has 1 N–H and O–H groups in total. The van der Waals surface area contributed by atoms with E-state index in [1.807, 2.05) is 0 Å². The molecule has 94 valence electrons. The highest BCUT2D eigenvalue weighted by atomic mass is 19.3. The zero-order valence-corrected chi connectivity index (χ0v) is 9.22. The van der Waals surface area contributed by atoms with Crippen LogP contribution in [0.4, 0.5) is 8.78 Å². The summed E-state index contributed by atoms with van der Waals surface area (Å²) < 4.78 is 28.7. The molecular formula is C11H8F2N2O3. The molecule has 0 spiro atoms. The molecule has 0 bridgehead atoms. The fourth-order valence-corrected chi connectivity index (χ4v) is 1.54. The lowest BCUT2D eigenvalue weighted by atomic mass is 10.1. The van der Waals surface area contributed by atoms with Gasteiger partial charge >= 0.3 is 12.6 Å². The van der Waals surface area contributed by atoms with E-state index in [1.54, 1.807) is 13.0 Å². The molecule has 0 saturated heterocycles. The molecule has 2 aromatic rings. The van der Waals surface area contributed by atoms with Gasteiger partial charge in [-0.1, -0.05) is 0 Å². The Morgan fingerprint density at radius 1 is 1.33 bits per heavy atom. The number of nitrogens with zero attached hydrogens (tertiary/aromatic N) is 2. The Labute approximate surface area is 100 Å². The summed E-state index contributed by atoms with van der Waals surface area (Å²) in [6, 6.07) is 3.88. The Morgan fingerprint density at radius 2 is 2.06 bits per heavy atom. The maximum absolute atomic E-state index is 12.2. The van der Waals surface area contributed by atoms with E-state index >= 15 is 0 Å². The summed E-state index contributed by atoms with van der Waals surface area (Å²) in [5, 5.41) is 16.7. The van der Waals surface area contributed by atoms with Crippen LogP contribution in [-0.2, 0) is 0 Å². The van der Waals surface area contributed by atoms with Crippen molar-refractivity contribution >= 4 is 16.9 Å². The Morgan fingerprint density at radius 3 is 2.67 bits per heavy atom. The number of rotatable bonds is 3. The lowest BCUT2D eigenvalue weighted by Gasteiger charge is -2.08. The van der Waals surface area contributed by atoms with E-state index in [4.69, 9.17) is 5.11 Å². The third-order valence-electron chi connectivity index (χ3n) is 2.24. The van der Waals surface area contributed by atoms with Crippen molar-refractivity contribution in [2.24, 2.45) is 0 Å². The van der Waals surface area contributed by atoms with Crippen molar-refractivity contribution < 1.29 is 23.4 Å². The van der Waals surface area contributed by atoms with Gasteiger partial charge in [0, 0.05) is 5.39 Å². The number of ether oxygens (including phenoxy) is 1. The van der Waals surface area contributed by atoms with Crippen LogP contribution in [-0.4, -0.2) is 27.9 Å². The third kappa shape index (κ3) is 2.34. The number of aryl methyl sites for hydroxylation is 1. The van der Waals surface area contributed by atoms with Crippen molar-refractivity contribution in [2.75, 3.05) is 0 Å². The van der Waals surface area contributed by atoms with Crippen LogP contribution in [0.2, 0.25) is 0 Å². The first-order valence-electron chi connectivity index (χ1n) is 4.93. The van der Waals surface area contributed by atoms with Crippen LogP contribution in [0.1, 0.15) is 16.1 Å². The number of carboxylic acid groups (broad SMARTS) is 1. The standard InChI is InChI=1S/C11H8F2N2O3/c1-5-2-6-3-7(10(16)17)4-8(18-11(12)13)9(6)15-14-5/h2-4,11H,1H3,(H,16,17). The van der Waals surface area contributed by atoms with Gasteiger partial charge in [0.2, 0.25) is 0 Å². The number of halogens is 2. The van der Waals surface area contributed by atoms with Gasteiger partial charge in [0.05, 0.1) is 11.3 Å². The first-order chi connectivity index (χ1) is 8.47. The van der Waals surface area contributed by atoms with Crippen molar-refractivity contribution in [3.63, 3.8) is 0 Å². The number of carboxylic acids is 1. The van der Waals surface area contributed by atoms with Crippen LogP contribution in [0.3, 0.4) is 0 Å². The molecule has 2 rings (SSSR count).